The topological polar surface area (TPSA) is 89.0 Å². The Hall–Kier alpha value is -2.32. The Kier molecular flexibility index (Phi) is 3.87. The third-order valence-electron chi connectivity index (χ3n) is 3.13. The number of aryl methyl sites for hydroxylation is 1. The van der Waals surface area contributed by atoms with Gasteiger partial charge in [0.1, 0.15) is 5.69 Å². The summed E-state index contributed by atoms with van der Waals surface area (Å²) in [6.07, 6.45) is 1.15. The predicted molar refractivity (Wildman–Crippen MR) is 89.7 cm³/mol. The zero-order valence-electron chi connectivity index (χ0n) is 12.4. The highest BCUT2D eigenvalue weighted by Gasteiger charge is 2.13. The molecule has 3 aromatic rings. The van der Waals surface area contributed by atoms with Crippen molar-refractivity contribution in [3.63, 3.8) is 0 Å². The summed E-state index contributed by atoms with van der Waals surface area (Å²) in [5, 5.41) is 3.09. The number of fused-ring (bicyclic) bond motifs is 1. The normalized spacial score (nSPS) is 11.6. The van der Waals surface area contributed by atoms with Crippen LogP contribution in [0.1, 0.15) is 16.2 Å². The Balaban J connectivity index is 1.90. The van der Waals surface area contributed by atoms with Crippen LogP contribution < -0.4 is 5.32 Å². The highest BCUT2D eigenvalue weighted by Crippen LogP contribution is 2.28. The Morgan fingerprint density at radius 2 is 1.96 bits per heavy atom. The molecule has 3 rings (SSSR count). The quantitative estimate of drug-likeness (QED) is 0.787. The number of carbonyl (C=O) groups excluding carboxylic acids is 1. The molecule has 2 aromatic heterocycles. The third kappa shape index (κ3) is 3.38. The molecule has 0 spiro atoms. The second-order valence-corrected chi connectivity index (χ2v) is 8.09. The van der Waals surface area contributed by atoms with Crippen LogP contribution in [0.15, 0.2) is 41.3 Å². The first-order valence-corrected chi connectivity index (χ1v) is 9.39. The molecule has 0 aliphatic heterocycles. The van der Waals surface area contributed by atoms with E-state index < -0.39 is 9.84 Å². The van der Waals surface area contributed by atoms with Gasteiger partial charge in [-0.25, -0.2) is 18.4 Å². The van der Waals surface area contributed by atoms with Crippen molar-refractivity contribution < 1.29 is 13.2 Å². The van der Waals surface area contributed by atoms with E-state index in [-0.39, 0.29) is 10.8 Å². The highest BCUT2D eigenvalue weighted by atomic mass is 32.2. The van der Waals surface area contributed by atoms with Crippen molar-refractivity contribution in [2.45, 2.75) is 11.8 Å². The van der Waals surface area contributed by atoms with Crippen LogP contribution in [0.2, 0.25) is 0 Å². The zero-order valence-corrected chi connectivity index (χ0v) is 14.0. The molecule has 0 saturated carbocycles. The zero-order chi connectivity index (χ0) is 16.6. The summed E-state index contributed by atoms with van der Waals surface area (Å²) in [7, 11) is -3.27. The molecule has 0 aliphatic carbocycles. The number of nitrogens with zero attached hydrogens (tertiary/aromatic N) is 2. The number of pyridine rings is 1. The number of sulfone groups is 1. The van der Waals surface area contributed by atoms with Crippen molar-refractivity contribution in [3.8, 4) is 0 Å². The average molecular weight is 347 g/mol. The van der Waals surface area contributed by atoms with E-state index in [1.54, 1.807) is 37.3 Å². The first-order chi connectivity index (χ1) is 10.8. The Morgan fingerprint density at radius 1 is 1.17 bits per heavy atom. The number of thiazole rings is 1. The number of anilines is 1. The number of hydrogen-bond donors (Lipinski definition) is 1. The molecule has 1 N–H and O–H groups in total. The summed E-state index contributed by atoms with van der Waals surface area (Å²) in [6, 6.07) is 9.88. The van der Waals surface area contributed by atoms with Gasteiger partial charge in [-0.15, -0.1) is 0 Å². The number of carbonyl (C=O) groups is 1. The van der Waals surface area contributed by atoms with Gasteiger partial charge in [0.2, 0.25) is 0 Å². The molecule has 1 amide bonds. The molecule has 0 saturated heterocycles. The molecule has 23 heavy (non-hydrogen) atoms. The van der Waals surface area contributed by atoms with Gasteiger partial charge in [-0.1, -0.05) is 17.4 Å². The van der Waals surface area contributed by atoms with Crippen molar-refractivity contribution in [2.24, 2.45) is 0 Å². The second-order valence-electron chi connectivity index (χ2n) is 5.04. The lowest BCUT2D eigenvalue weighted by molar-refractivity contribution is 0.102. The van der Waals surface area contributed by atoms with Crippen LogP contribution in [0.3, 0.4) is 0 Å². The molecular formula is C15H13N3O3S2. The van der Waals surface area contributed by atoms with Gasteiger partial charge in [0.15, 0.2) is 15.0 Å². The van der Waals surface area contributed by atoms with Gasteiger partial charge in [0.25, 0.3) is 5.91 Å². The van der Waals surface area contributed by atoms with Crippen molar-refractivity contribution in [1.82, 2.24) is 9.97 Å². The van der Waals surface area contributed by atoms with Crippen molar-refractivity contribution >= 4 is 42.4 Å². The molecule has 0 aliphatic rings. The smallest absolute Gasteiger partial charge is 0.276 e. The SMILES string of the molecule is Cc1cccc(C(=O)Nc2nc3ccc(S(C)(=O)=O)cc3s2)n1. The van der Waals surface area contributed by atoms with Crippen LogP contribution in [0, 0.1) is 6.92 Å². The molecule has 6 nitrogen and oxygen atoms in total. The van der Waals surface area contributed by atoms with E-state index in [0.717, 1.165) is 11.9 Å². The maximum absolute atomic E-state index is 12.2. The van der Waals surface area contributed by atoms with Crippen molar-refractivity contribution in [2.75, 3.05) is 11.6 Å². The van der Waals surface area contributed by atoms with Crippen LogP contribution >= 0.6 is 11.3 Å². The molecule has 1 aromatic carbocycles. The summed E-state index contributed by atoms with van der Waals surface area (Å²) in [4.78, 5) is 20.8. The number of nitrogens with one attached hydrogen (secondary N) is 1. The maximum Gasteiger partial charge on any atom is 0.276 e. The van der Waals surface area contributed by atoms with Crippen LogP contribution in [-0.2, 0) is 9.84 Å². The van der Waals surface area contributed by atoms with Gasteiger partial charge < -0.3 is 0 Å². The fourth-order valence-corrected chi connectivity index (χ4v) is 3.64. The molecule has 0 radical (unpaired) electrons. The molecule has 8 heteroatoms. The summed E-state index contributed by atoms with van der Waals surface area (Å²) >= 11 is 1.22. The van der Waals surface area contributed by atoms with E-state index in [4.69, 9.17) is 0 Å². The van der Waals surface area contributed by atoms with Gasteiger partial charge in [-0.2, -0.15) is 0 Å². The largest absolute Gasteiger partial charge is 0.296 e. The third-order valence-corrected chi connectivity index (χ3v) is 5.17. The van der Waals surface area contributed by atoms with Crippen LogP contribution in [0.4, 0.5) is 5.13 Å². The van der Waals surface area contributed by atoms with Gasteiger partial charge in [0, 0.05) is 11.9 Å². The summed E-state index contributed by atoms with van der Waals surface area (Å²) in [6.45, 7) is 1.81. The molecule has 118 valence electrons. The van der Waals surface area contributed by atoms with E-state index in [2.05, 4.69) is 15.3 Å². The lowest BCUT2D eigenvalue weighted by atomic mass is 10.3. The van der Waals surface area contributed by atoms with E-state index in [9.17, 15) is 13.2 Å². The fourth-order valence-electron chi connectivity index (χ4n) is 2.02. The van der Waals surface area contributed by atoms with Gasteiger partial charge in [-0.3, -0.25) is 10.1 Å². The number of aromatic nitrogens is 2. The summed E-state index contributed by atoms with van der Waals surface area (Å²) in [5.41, 5.74) is 1.69. The second kappa shape index (κ2) is 5.71. The molecular weight excluding hydrogens is 334 g/mol. The van der Waals surface area contributed by atoms with E-state index in [0.29, 0.717) is 21.0 Å². The molecule has 0 atom stereocenters. The number of benzene rings is 1. The first kappa shape index (κ1) is 15.6. The van der Waals surface area contributed by atoms with Gasteiger partial charge >= 0.3 is 0 Å². The first-order valence-electron chi connectivity index (χ1n) is 6.68. The highest BCUT2D eigenvalue weighted by molar-refractivity contribution is 7.90. The van der Waals surface area contributed by atoms with Crippen LogP contribution in [-0.4, -0.2) is 30.5 Å². The van der Waals surface area contributed by atoms with Crippen LogP contribution in [0.5, 0.6) is 0 Å². The van der Waals surface area contributed by atoms with Crippen LogP contribution in [0.25, 0.3) is 10.2 Å². The van der Waals surface area contributed by atoms with E-state index in [1.807, 2.05) is 0 Å². The molecule has 0 unspecified atom stereocenters. The maximum atomic E-state index is 12.2. The van der Waals surface area contributed by atoms with E-state index in [1.165, 1.54) is 17.4 Å². The fraction of sp³-hybridized carbons (Fsp3) is 0.133. The van der Waals surface area contributed by atoms with E-state index >= 15 is 0 Å². The minimum atomic E-state index is -3.27. The number of amides is 1. The molecule has 0 fully saturated rings. The lowest BCUT2D eigenvalue weighted by Crippen LogP contribution is -2.13. The van der Waals surface area contributed by atoms with Crippen molar-refractivity contribution in [3.05, 3.63) is 47.8 Å². The lowest BCUT2D eigenvalue weighted by Gasteiger charge is -2.01. The number of rotatable bonds is 3. The Morgan fingerprint density at radius 3 is 2.65 bits per heavy atom. The summed E-state index contributed by atoms with van der Waals surface area (Å²) < 4.78 is 23.9. The van der Waals surface area contributed by atoms with Crippen molar-refractivity contribution in [1.29, 1.82) is 0 Å². The Bertz CT molecular complexity index is 1010. The summed E-state index contributed by atoms with van der Waals surface area (Å²) in [5.74, 6) is -0.351. The average Bonchev–Trinajstić information content (AvgIpc) is 2.87. The van der Waals surface area contributed by atoms with Gasteiger partial charge in [0.05, 0.1) is 15.1 Å². The number of hydrogen-bond acceptors (Lipinski definition) is 6. The molecule has 2 heterocycles. The standard InChI is InChI=1S/C15H13N3O3S2/c1-9-4-3-5-12(16-9)14(19)18-15-17-11-7-6-10(23(2,20)21)8-13(11)22-15/h3-8H,1-2H3,(H,17,18,19). The monoisotopic (exact) mass is 347 g/mol. The Labute approximate surface area is 137 Å². The predicted octanol–water partition coefficient (Wildman–Crippen LogP) is 2.66. The molecule has 0 bridgehead atoms. The minimum Gasteiger partial charge on any atom is -0.296 e. The minimum absolute atomic E-state index is 0.229. The van der Waals surface area contributed by atoms with Gasteiger partial charge in [-0.05, 0) is 37.3 Å².